The molecule has 0 spiro atoms. The summed E-state index contributed by atoms with van der Waals surface area (Å²) < 4.78 is 4.95. The fourth-order valence-electron chi connectivity index (χ4n) is 1.61. The van der Waals surface area contributed by atoms with Crippen molar-refractivity contribution in [3.05, 3.63) is 33.8 Å². The first-order chi connectivity index (χ1) is 8.25. The summed E-state index contributed by atoms with van der Waals surface area (Å²) in [6, 6.07) is 5.80. The fourth-order valence-corrected chi connectivity index (χ4v) is 2.02. The average molecular weight is 276 g/mol. The van der Waals surface area contributed by atoms with Gasteiger partial charge in [0.25, 0.3) is 0 Å². The Bertz CT molecular complexity index is 331. The smallest absolute Gasteiger partial charge is 0.0624 e. The summed E-state index contributed by atoms with van der Waals surface area (Å²) in [7, 11) is 1.71. The molecule has 0 unspecified atom stereocenters. The third-order valence-electron chi connectivity index (χ3n) is 2.56. The van der Waals surface area contributed by atoms with Crippen molar-refractivity contribution < 1.29 is 4.74 Å². The van der Waals surface area contributed by atoms with Gasteiger partial charge in [0.15, 0.2) is 0 Å². The van der Waals surface area contributed by atoms with Crippen LogP contribution in [0.5, 0.6) is 0 Å². The SMILES string of the molecule is COCCNCCCCc1cccc(Cl)c1Cl. The van der Waals surface area contributed by atoms with Crippen molar-refractivity contribution >= 4 is 23.2 Å². The molecule has 0 aliphatic heterocycles. The van der Waals surface area contributed by atoms with Gasteiger partial charge in [-0.25, -0.2) is 0 Å². The van der Waals surface area contributed by atoms with Crippen LogP contribution in [0.2, 0.25) is 10.0 Å². The van der Waals surface area contributed by atoms with Crippen molar-refractivity contribution in [2.24, 2.45) is 0 Å². The topological polar surface area (TPSA) is 21.3 Å². The molecule has 0 amide bonds. The van der Waals surface area contributed by atoms with Crippen molar-refractivity contribution in [2.45, 2.75) is 19.3 Å². The predicted octanol–water partition coefficient (Wildman–Crippen LogP) is 3.55. The van der Waals surface area contributed by atoms with Gasteiger partial charge in [0, 0.05) is 13.7 Å². The molecule has 0 saturated heterocycles. The Kier molecular flexibility index (Phi) is 7.62. The highest BCUT2D eigenvalue weighted by Crippen LogP contribution is 2.26. The lowest BCUT2D eigenvalue weighted by molar-refractivity contribution is 0.199. The van der Waals surface area contributed by atoms with E-state index < -0.39 is 0 Å². The second-order valence-corrected chi connectivity index (χ2v) is 4.70. The lowest BCUT2D eigenvalue weighted by Crippen LogP contribution is -2.20. The molecule has 0 bridgehead atoms. The molecule has 0 fully saturated rings. The first kappa shape index (κ1) is 14.8. The Hall–Kier alpha value is -0.280. The van der Waals surface area contributed by atoms with Gasteiger partial charge >= 0.3 is 0 Å². The van der Waals surface area contributed by atoms with Crippen LogP contribution in [0, 0.1) is 0 Å². The number of unbranched alkanes of at least 4 members (excludes halogenated alkanes) is 1. The maximum atomic E-state index is 6.11. The van der Waals surface area contributed by atoms with Gasteiger partial charge in [-0.3, -0.25) is 0 Å². The third kappa shape index (κ3) is 5.73. The fraction of sp³-hybridized carbons (Fsp3) is 0.538. The summed E-state index contributed by atoms with van der Waals surface area (Å²) in [5, 5.41) is 4.65. The molecule has 0 atom stereocenters. The van der Waals surface area contributed by atoms with Crippen molar-refractivity contribution in [3.63, 3.8) is 0 Å². The van der Waals surface area contributed by atoms with E-state index in [-0.39, 0.29) is 0 Å². The second kappa shape index (κ2) is 8.76. The lowest BCUT2D eigenvalue weighted by atomic mass is 10.1. The summed E-state index contributed by atoms with van der Waals surface area (Å²) in [5.41, 5.74) is 1.14. The number of benzene rings is 1. The highest BCUT2D eigenvalue weighted by Gasteiger charge is 2.03. The normalized spacial score (nSPS) is 10.8. The Morgan fingerprint density at radius 3 is 2.76 bits per heavy atom. The molecule has 0 saturated carbocycles. The minimum atomic E-state index is 0.641. The van der Waals surface area contributed by atoms with E-state index in [1.807, 2.05) is 18.2 Å². The van der Waals surface area contributed by atoms with E-state index >= 15 is 0 Å². The zero-order chi connectivity index (χ0) is 12.5. The van der Waals surface area contributed by atoms with Gasteiger partial charge in [0.05, 0.1) is 16.7 Å². The first-order valence-corrected chi connectivity index (χ1v) is 6.64. The average Bonchev–Trinajstić information content (AvgIpc) is 2.33. The molecule has 1 rings (SSSR count). The molecule has 0 aliphatic carbocycles. The number of methoxy groups -OCH3 is 1. The van der Waals surface area contributed by atoms with Crippen LogP contribution >= 0.6 is 23.2 Å². The van der Waals surface area contributed by atoms with E-state index in [0.717, 1.165) is 44.5 Å². The van der Waals surface area contributed by atoms with Gasteiger partial charge in [-0.1, -0.05) is 35.3 Å². The van der Waals surface area contributed by atoms with Crippen molar-refractivity contribution in [2.75, 3.05) is 26.8 Å². The van der Waals surface area contributed by atoms with E-state index in [4.69, 9.17) is 27.9 Å². The van der Waals surface area contributed by atoms with Crippen LogP contribution in [0.3, 0.4) is 0 Å². The van der Waals surface area contributed by atoms with E-state index in [9.17, 15) is 0 Å². The largest absolute Gasteiger partial charge is 0.383 e. The first-order valence-electron chi connectivity index (χ1n) is 5.88. The summed E-state index contributed by atoms with van der Waals surface area (Å²) in [6.07, 6.45) is 3.22. The molecule has 1 aromatic carbocycles. The van der Waals surface area contributed by atoms with E-state index in [1.165, 1.54) is 0 Å². The van der Waals surface area contributed by atoms with Crippen molar-refractivity contribution in [1.29, 1.82) is 0 Å². The molecular formula is C13H19Cl2NO. The Morgan fingerprint density at radius 1 is 1.18 bits per heavy atom. The number of ether oxygens (including phenoxy) is 1. The summed E-state index contributed by atoms with van der Waals surface area (Å²) >= 11 is 12.1. The highest BCUT2D eigenvalue weighted by molar-refractivity contribution is 6.42. The van der Waals surface area contributed by atoms with E-state index in [2.05, 4.69) is 5.32 Å². The van der Waals surface area contributed by atoms with Crippen LogP contribution in [0.25, 0.3) is 0 Å². The number of nitrogens with one attached hydrogen (secondary N) is 1. The predicted molar refractivity (Wildman–Crippen MR) is 74.1 cm³/mol. The lowest BCUT2D eigenvalue weighted by Gasteiger charge is -2.06. The minimum Gasteiger partial charge on any atom is -0.383 e. The minimum absolute atomic E-state index is 0.641. The Labute approximate surface area is 113 Å². The van der Waals surface area contributed by atoms with Gasteiger partial charge in [-0.05, 0) is 37.4 Å². The maximum Gasteiger partial charge on any atom is 0.0624 e. The molecule has 1 aromatic rings. The molecule has 0 aliphatic rings. The van der Waals surface area contributed by atoms with Crippen LogP contribution in [0.4, 0.5) is 0 Å². The van der Waals surface area contributed by atoms with Gasteiger partial charge < -0.3 is 10.1 Å². The van der Waals surface area contributed by atoms with Crippen molar-refractivity contribution in [1.82, 2.24) is 5.32 Å². The van der Waals surface area contributed by atoms with E-state index in [1.54, 1.807) is 7.11 Å². The summed E-state index contributed by atoms with van der Waals surface area (Å²) in [4.78, 5) is 0. The number of rotatable bonds is 8. The highest BCUT2D eigenvalue weighted by atomic mass is 35.5. The Morgan fingerprint density at radius 2 is 2.00 bits per heavy atom. The number of aryl methyl sites for hydroxylation is 1. The van der Waals surface area contributed by atoms with E-state index in [0.29, 0.717) is 10.0 Å². The summed E-state index contributed by atoms with van der Waals surface area (Å²) in [5.74, 6) is 0. The van der Waals surface area contributed by atoms with Crippen molar-refractivity contribution in [3.8, 4) is 0 Å². The Balaban J connectivity index is 2.16. The van der Waals surface area contributed by atoms with Gasteiger partial charge in [-0.15, -0.1) is 0 Å². The van der Waals surface area contributed by atoms with Gasteiger partial charge in [0.1, 0.15) is 0 Å². The van der Waals surface area contributed by atoms with Crippen LogP contribution in [0.15, 0.2) is 18.2 Å². The molecule has 2 nitrogen and oxygen atoms in total. The van der Waals surface area contributed by atoms with Crippen LogP contribution in [-0.2, 0) is 11.2 Å². The zero-order valence-corrected chi connectivity index (χ0v) is 11.7. The molecule has 4 heteroatoms. The molecule has 17 heavy (non-hydrogen) atoms. The zero-order valence-electron chi connectivity index (χ0n) is 10.1. The monoisotopic (exact) mass is 275 g/mol. The van der Waals surface area contributed by atoms with Crippen LogP contribution < -0.4 is 5.32 Å². The van der Waals surface area contributed by atoms with Crippen LogP contribution in [0.1, 0.15) is 18.4 Å². The maximum absolute atomic E-state index is 6.11. The standard InChI is InChI=1S/C13H19Cl2NO/c1-17-10-9-16-8-3-2-5-11-6-4-7-12(14)13(11)15/h4,6-7,16H,2-3,5,8-10H2,1H3. The number of halogens is 2. The third-order valence-corrected chi connectivity index (χ3v) is 3.42. The molecule has 0 radical (unpaired) electrons. The molecular weight excluding hydrogens is 257 g/mol. The van der Waals surface area contributed by atoms with Gasteiger partial charge in [0.2, 0.25) is 0 Å². The molecule has 0 aromatic heterocycles. The molecule has 1 N–H and O–H groups in total. The number of hydrogen-bond acceptors (Lipinski definition) is 2. The quantitative estimate of drug-likeness (QED) is 0.733. The van der Waals surface area contributed by atoms with Gasteiger partial charge in [-0.2, -0.15) is 0 Å². The second-order valence-electron chi connectivity index (χ2n) is 3.91. The summed E-state index contributed by atoms with van der Waals surface area (Å²) in [6.45, 7) is 2.69. The molecule has 0 heterocycles. The number of hydrogen-bond donors (Lipinski definition) is 1. The molecule has 96 valence electrons. The van der Waals surface area contributed by atoms with Crippen LogP contribution in [-0.4, -0.2) is 26.8 Å².